The van der Waals surface area contributed by atoms with E-state index in [1.165, 1.54) is 38.9 Å². The number of carbonyl (C=O) groups excluding carboxylic acids is 2. The maximum absolute atomic E-state index is 13.1. The van der Waals surface area contributed by atoms with E-state index in [1.54, 1.807) is 36.4 Å². The van der Waals surface area contributed by atoms with Crippen molar-refractivity contribution in [3.63, 3.8) is 0 Å². The van der Waals surface area contributed by atoms with E-state index in [0.717, 1.165) is 11.5 Å². The summed E-state index contributed by atoms with van der Waals surface area (Å²) in [6, 6.07) is 9.05. The molecule has 0 radical (unpaired) electrons. The van der Waals surface area contributed by atoms with Gasteiger partial charge in [0.25, 0.3) is 5.91 Å². The van der Waals surface area contributed by atoms with Gasteiger partial charge in [-0.1, -0.05) is 35.3 Å². The molecule has 0 spiro atoms. The molecular weight excluding hydrogens is 532 g/mol. The van der Waals surface area contributed by atoms with Crippen LogP contribution >= 0.6 is 23.2 Å². The van der Waals surface area contributed by atoms with Gasteiger partial charge >= 0.3 is 0 Å². The van der Waals surface area contributed by atoms with Gasteiger partial charge in [0, 0.05) is 16.5 Å². The third-order valence-corrected chi connectivity index (χ3v) is 8.50. The van der Waals surface area contributed by atoms with E-state index in [2.05, 4.69) is 10.2 Å². The summed E-state index contributed by atoms with van der Waals surface area (Å²) in [4.78, 5) is 27.8. The normalized spacial score (nSPS) is 22.9. The van der Waals surface area contributed by atoms with Crippen molar-refractivity contribution >= 4 is 35.0 Å². The predicted octanol–water partition coefficient (Wildman–Crippen LogP) is 4.63. The number of piperidine rings is 3. The number of rotatable bonds is 6. The molecule has 4 heterocycles. The average Bonchev–Trinajstić information content (AvgIpc) is 3.75. The number of halogens is 3. The second kappa shape index (κ2) is 11.7. The van der Waals surface area contributed by atoms with Crippen LogP contribution in [0.15, 0.2) is 36.4 Å². The second-order valence-corrected chi connectivity index (χ2v) is 11.3. The lowest BCUT2D eigenvalue weighted by Crippen LogP contribution is -2.49. The number of nitrogens with one attached hydrogen (secondary N) is 2. The molecule has 2 aromatic rings. The van der Waals surface area contributed by atoms with E-state index in [1.807, 2.05) is 0 Å². The fourth-order valence-electron chi connectivity index (χ4n) is 5.51. The van der Waals surface area contributed by atoms with E-state index < -0.39 is 17.4 Å². The number of fused-ring (bicyclic) bond motifs is 4. The lowest BCUT2D eigenvalue weighted by atomic mass is 9.89. The molecule has 0 aromatic heterocycles. The highest BCUT2D eigenvalue weighted by atomic mass is 35.5. The minimum Gasteiger partial charge on any atom is -0.486 e. The second-order valence-electron chi connectivity index (χ2n) is 10.4. The van der Waals surface area contributed by atoms with Gasteiger partial charge in [0.15, 0.2) is 11.5 Å². The van der Waals surface area contributed by atoms with Crippen molar-refractivity contribution in [1.29, 1.82) is 0 Å². The SMILES string of the molecule is C1CN2CCC1CC2.O=C(NF)C(Cc1ccc2c(c1)OCCO2)NC(=O)C1(c2ccc(Cl)cc2Cl)CC1. The Morgan fingerprint density at radius 2 is 1.68 bits per heavy atom. The minimum atomic E-state index is -1.10. The van der Waals surface area contributed by atoms with Crippen LogP contribution in [0.5, 0.6) is 11.5 Å². The standard InChI is InChI=1S/C21H19Cl2FN2O4.C7H13N/c22-13-2-3-14(15(23)11-13)21(5-6-21)20(28)25-16(19(27)26-24)9-12-1-4-17-18(10-12)30-8-7-29-17;1-4-8-5-2-7(1)3-6-8/h1-4,10-11,16H,5-9H2,(H,25,28)(H,26,27);7H,1-6H2. The zero-order valence-electron chi connectivity index (χ0n) is 21.1. The number of hydrogen-bond acceptors (Lipinski definition) is 5. The van der Waals surface area contributed by atoms with Crippen LogP contribution in [0, 0.1) is 5.92 Å². The largest absolute Gasteiger partial charge is 0.486 e. The predicted molar refractivity (Wildman–Crippen MR) is 143 cm³/mol. The summed E-state index contributed by atoms with van der Waals surface area (Å²) in [5.74, 6) is 0.958. The Morgan fingerprint density at radius 3 is 2.24 bits per heavy atom. The minimum absolute atomic E-state index is 0.0859. The van der Waals surface area contributed by atoms with Gasteiger partial charge in [0.05, 0.1) is 5.41 Å². The molecule has 4 aliphatic heterocycles. The topological polar surface area (TPSA) is 79.9 Å². The highest BCUT2D eigenvalue weighted by molar-refractivity contribution is 6.35. The Bertz CT molecular complexity index is 1160. The van der Waals surface area contributed by atoms with Crippen molar-refractivity contribution in [2.45, 2.75) is 50.0 Å². The summed E-state index contributed by atoms with van der Waals surface area (Å²) >= 11 is 12.2. The molecule has 10 heteroatoms. The van der Waals surface area contributed by atoms with Crippen molar-refractivity contribution < 1.29 is 23.5 Å². The Morgan fingerprint density at radius 1 is 1.00 bits per heavy atom. The first-order chi connectivity index (χ1) is 18.4. The zero-order chi connectivity index (χ0) is 26.7. The summed E-state index contributed by atoms with van der Waals surface area (Å²) < 4.78 is 24.0. The third-order valence-electron chi connectivity index (χ3n) is 7.95. The number of amides is 2. The molecule has 38 heavy (non-hydrogen) atoms. The molecule has 2 aromatic carbocycles. The Labute approximate surface area is 231 Å². The number of nitrogens with zero attached hydrogens (tertiary/aromatic N) is 1. The lowest BCUT2D eigenvalue weighted by molar-refractivity contribution is -0.132. The fraction of sp³-hybridized carbons (Fsp3) is 0.500. The van der Waals surface area contributed by atoms with E-state index in [9.17, 15) is 14.1 Å². The Balaban J connectivity index is 0.000000310. The zero-order valence-corrected chi connectivity index (χ0v) is 22.6. The van der Waals surface area contributed by atoms with Crippen LogP contribution in [0.25, 0.3) is 0 Å². The van der Waals surface area contributed by atoms with Crippen LogP contribution < -0.4 is 20.3 Å². The summed E-state index contributed by atoms with van der Waals surface area (Å²) in [5, 5.41) is 3.53. The Kier molecular flexibility index (Phi) is 8.31. The van der Waals surface area contributed by atoms with Crippen molar-refractivity contribution in [2.24, 2.45) is 5.92 Å². The number of hydrogen-bond donors (Lipinski definition) is 2. The Hall–Kier alpha value is -2.55. The molecule has 7 nitrogen and oxygen atoms in total. The maximum Gasteiger partial charge on any atom is 0.270 e. The molecule has 5 aliphatic rings. The van der Waals surface area contributed by atoms with Crippen molar-refractivity contribution in [3.05, 3.63) is 57.6 Å². The monoisotopic (exact) mass is 563 g/mol. The first-order valence-electron chi connectivity index (χ1n) is 13.2. The molecular formula is C28H32Cl2FN3O4. The van der Waals surface area contributed by atoms with Crippen LogP contribution in [0.1, 0.15) is 43.2 Å². The maximum atomic E-state index is 13.1. The third kappa shape index (κ3) is 6.03. The van der Waals surface area contributed by atoms with Crippen LogP contribution in [0.4, 0.5) is 4.48 Å². The smallest absolute Gasteiger partial charge is 0.270 e. The number of carbonyl (C=O) groups is 2. The highest BCUT2D eigenvalue weighted by Crippen LogP contribution is 2.51. The van der Waals surface area contributed by atoms with Crippen LogP contribution in [0.2, 0.25) is 10.0 Å². The lowest BCUT2D eigenvalue weighted by Gasteiger charge is -2.38. The summed E-state index contributed by atoms with van der Waals surface area (Å²) in [6.07, 6.45) is 5.70. The van der Waals surface area contributed by atoms with Gasteiger partial charge in [0.2, 0.25) is 5.91 Å². The molecule has 2 N–H and O–H groups in total. The van der Waals surface area contributed by atoms with Gasteiger partial charge in [-0.2, -0.15) is 5.54 Å². The van der Waals surface area contributed by atoms with Crippen molar-refractivity contribution in [3.8, 4) is 11.5 Å². The summed E-state index contributed by atoms with van der Waals surface area (Å²) in [7, 11) is 0. The molecule has 1 aliphatic carbocycles. The molecule has 7 rings (SSSR count). The molecule has 4 fully saturated rings. The first-order valence-corrected chi connectivity index (χ1v) is 13.9. The molecule has 1 unspecified atom stereocenters. The van der Waals surface area contributed by atoms with Gasteiger partial charge in [-0.05, 0) is 93.0 Å². The first kappa shape index (κ1) is 27.0. The van der Waals surface area contributed by atoms with Crippen molar-refractivity contribution in [1.82, 2.24) is 15.8 Å². The van der Waals surface area contributed by atoms with E-state index in [4.69, 9.17) is 32.7 Å². The highest BCUT2D eigenvalue weighted by Gasteiger charge is 2.53. The summed E-state index contributed by atoms with van der Waals surface area (Å²) in [6.45, 7) is 5.07. The molecule has 1 atom stereocenters. The summed E-state index contributed by atoms with van der Waals surface area (Å²) in [5.41, 5.74) is 1.63. The van der Waals surface area contributed by atoms with Gasteiger partial charge in [-0.15, -0.1) is 4.48 Å². The van der Waals surface area contributed by atoms with E-state index in [0.29, 0.717) is 58.7 Å². The van der Waals surface area contributed by atoms with Crippen LogP contribution in [-0.2, 0) is 21.4 Å². The van der Waals surface area contributed by atoms with Crippen LogP contribution in [-0.4, -0.2) is 55.6 Å². The van der Waals surface area contributed by atoms with Gasteiger partial charge in [0.1, 0.15) is 19.3 Å². The molecule has 1 saturated carbocycles. The van der Waals surface area contributed by atoms with Crippen LogP contribution in [0.3, 0.4) is 0 Å². The molecule has 2 bridgehead atoms. The fourth-order valence-corrected chi connectivity index (χ4v) is 6.10. The molecule has 3 saturated heterocycles. The molecule has 2 amide bonds. The van der Waals surface area contributed by atoms with Gasteiger partial charge in [-0.25, -0.2) is 0 Å². The van der Waals surface area contributed by atoms with E-state index >= 15 is 0 Å². The average molecular weight is 564 g/mol. The quantitative estimate of drug-likeness (QED) is 0.501. The molecule has 204 valence electrons. The van der Waals surface area contributed by atoms with Gasteiger partial charge < -0.3 is 19.7 Å². The number of benzene rings is 2. The number of ether oxygens (including phenoxy) is 2. The van der Waals surface area contributed by atoms with Gasteiger partial charge in [-0.3, -0.25) is 9.59 Å². The van der Waals surface area contributed by atoms with Crippen molar-refractivity contribution in [2.75, 3.05) is 32.8 Å². The van der Waals surface area contributed by atoms with E-state index in [-0.39, 0.29) is 12.3 Å².